The van der Waals surface area contributed by atoms with Gasteiger partial charge in [0.1, 0.15) is 17.7 Å². The standard InChI is InChI=1S/C18H16N6O2/c25-18(21-13-4-2-1-3-5-13)22-14-6-8-15(9-7-14)26-24-12-19-10-16-17(24)11-20-23-16/h1-12,20,23H,(H2,21,22,25). The monoisotopic (exact) mass is 348 g/mol. The van der Waals surface area contributed by atoms with Gasteiger partial charge in [-0.25, -0.2) is 9.79 Å². The van der Waals surface area contributed by atoms with Gasteiger partial charge >= 0.3 is 6.03 Å². The first-order chi connectivity index (χ1) is 12.8. The average molecular weight is 348 g/mol. The molecule has 4 rings (SSSR count). The number of amides is 2. The maximum Gasteiger partial charge on any atom is 0.323 e. The molecule has 2 aliphatic heterocycles. The molecule has 130 valence electrons. The topological polar surface area (TPSA) is 90.0 Å². The molecule has 0 aliphatic carbocycles. The predicted octanol–water partition coefficient (Wildman–Crippen LogP) is 2.76. The van der Waals surface area contributed by atoms with Gasteiger partial charge < -0.3 is 20.9 Å². The molecule has 2 heterocycles. The maximum atomic E-state index is 12.0. The molecule has 0 saturated carbocycles. The zero-order valence-corrected chi connectivity index (χ0v) is 13.6. The summed E-state index contributed by atoms with van der Waals surface area (Å²) in [5.41, 5.74) is 8.88. The van der Waals surface area contributed by atoms with Crippen molar-refractivity contribution in [1.82, 2.24) is 15.9 Å². The fraction of sp³-hybridized carbons (Fsp3) is 0. The number of para-hydroxylation sites is 1. The Morgan fingerprint density at radius 1 is 1.00 bits per heavy atom. The lowest BCUT2D eigenvalue weighted by Crippen LogP contribution is -2.29. The van der Waals surface area contributed by atoms with Gasteiger partial charge in [0, 0.05) is 17.6 Å². The Morgan fingerprint density at radius 3 is 2.50 bits per heavy atom. The van der Waals surface area contributed by atoms with Gasteiger partial charge in [0.05, 0.1) is 6.20 Å². The molecule has 0 radical (unpaired) electrons. The van der Waals surface area contributed by atoms with Crippen molar-refractivity contribution in [3.8, 4) is 5.75 Å². The number of anilines is 2. The summed E-state index contributed by atoms with van der Waals surface area (Å²) in [4.78, 5) is 21.9. The predicted molar refractivity (Wildman–Crippen MR) is 98.9 cm³/mol. The van der Waals surface area contributed by atoms with Crippen LogP contribution in [-0.4, -0.2) is 17.4 Å². The zero-order chi connectivity index (χ0) is 17.8. The number of benzene rings is 2. The molecule has 2 aromatic carbocycles. The SMILES string of the molecule is O=C(Nc1ccccc1)Nc1ccc(ON2C=NC=C3NNC=C32)cc1. The molecule has 0 fully saturated rings. The summed E-state index contributed by atoms with van der Waals surface area (Å²) >= 11 is 0. The Labute approximate surface area is 149 Å². The van der Waals surface area contributed by atoms with E-state index in [1.54, 1.807) is 48.1 Å². The number of rotatable bonds is 4. The second kappa shape index (κ2) is 6.89. The van der Waals surface area contributed by atoms with E-state index in [0.717, 1.165) is 17.1 Å². The number of hydrogen-bond acceptors (Lipinski definition) is 6. The summed E-state index contributed by atoms with van der Waals surface area (Å²) < 4.78 is 0. The lowest BCUT2D eigenvalue weighted by molar-refractivity contribution is 0.0646. The number of fused-ring (bicyclic) bond motifs is 1. The van der Waals surface area contributed by atoms with Crippen LogP contribution in [0.2, 0.25) is 0 Å². The summed E-state index contributed by atoms with van der Waals surface area (Å²) in [6.07, 6.45) is 5.05. The molecule has 0 atom stereocenters. The highest BCUT2D eigenvalue weighted by Gasteiger charge is 2.21. The molecule has 0 spiro atoms. The summed E-state index contributed by atoms with van der Waals surface area (Å²) in [6, 6.07) is 16.0. The highest BCUT2D eigenvalue weighted by molar-refractivity contribution is 5.99. The van der Waals surface area contributed by atoms with Crippen LogP contribution in [0.1, 0.15) is 0 Å². The third-order valence-corrected chi connectivity index (χ3v) is 3.65. The number of hydroxylamine groups is 2. The molecule has 4 N–H and O–H groups in total. The third kappa shape index (κ3) is 3.44. The fourth-order valence-electron chi connectivity index (χ4n) is 2.44. The van der Waals surface area contributed by atoms with E-state index in [0.29, 0.717) is 11.4 Å². The number of carbonyl (C=O) groups is 1. The number of carbonyl (C=O) groups excluding carboxylic acids is 1. The first-order valence-electron chi connectivity index (χ1n) is 7.94. The van der Waals surface area contributed by atoms with Crippen molar-refractivity contribution < 1.29 is 9.63 Å². The average Bonchev–Trinajstić information content (AvgIpc) is 3.14. The molecule has 2 aromatic rings. The Hall–Kier alpha value is -3.94. The van der Waals surface area contributed by atoms with E-state index >= 15 is 0 Å². The van der Waals surface area contributed by atoms with Gasteiger partial charge in [-0.15, -0.1) is 0 Å². The van der Waals surface area contributed by atoms with E-state index in [1.165, 1.54) is 0 Å². The van der Waals surface area contributed by atoms with Crippen molar-refractivity contribution >= 4 is 23.7 Å². The van der Waals surface area contributed by atoms with Crippen molar-refractivity contribution in [1.29, 1.82) is 0 Å². The van der Waals surface area contributed by atoms with Crippen molar-refractivity contribution in [2.75, 3.05) is 10.6 Å². The zero-order valence-electron chi connectivity index (χ0n) is 13.6. The summed E-state index contributed by atoms with van der Waals surface area (Å²) in [5, 5.41) is 7.08. The third-order valence-electron chi connectivity index (χ3n) is 3.65. The van der Waals surface area contributed by atoms with Gasteiger partial charge in [-0.05, 0) is 36.4 Å². The number of nitrogens with one attached hydrogen (secondary N) is 4. The van der Waals surface area contributed by atoms with Gasteiger partial charge in [-0.2, -0.15) is 5.06 Å². The first-order valence-corrected chi connectivity index (χ1v) is 7.94. The van der Waals surface area contributed by atoms with Crippen LogP contribution in [0.4, 0.5) is 16.2 Å². The first kappa shape index (κ1) is 15.6. The van der Waals surface area contributed by atoms with E-state index in [1.807, 2.05) is 30.3 Å². The Morgan fingerprint density at radius 2 is 1.73 bits per heavy atom. The van der Waals surface area contributed by atoms with Crippen molar-refractivity contribution in [3.63, 3.8) is 0 Å². The quantitative estimate of drug-likeness (QED) is 0.682. The van der Waals surface area contributed by atoms with Crippen LogP contribution >= 0.6 is 0 Å². The minimum atomic E-state index is -0.309. The number of aliphatic imine (C=N–C) groups is 1. The molecule has 8 heteroatoms. The minimum Gasteiger partial charge on any atom is -0.374 e. The number of hydrogen-bond donors (Lipinski definition) is 4. The molecule has 2 aliphatic rings. The largest absolute Gasteiger partial charge is 0.374 e. The van der Waals surface area contributed by atoms with Crippen LogP contribution in [0.25, 0.3) is 0 Å². The summed E-state index contributed by atoms with van der Waals surface area (Å²) in [7, 11) is 0. The summed E-state index contributed by atoms with van der Waals surface area (Å²) in [5.74, 6) is 0.611. The maximum absolute atomic E-state index is 12.0. The highest BCUT2D eigenvalue weighted by Crippen LogP contribution is 2.22. The number of hydrazine groups is 1. The fourth-order valence-corrected chi connectivity index (χ4v) is 2.44. The molecular weight excluding hydrogens is 332 g/mol. The van der Waals surface area contributed by atoms with Gasteiger partial charge in [0.25, 0.3) is 0 Å². The smallest absolute Gasteiger partial charge is 0.323 e. The lowest BCUT2D eigenvalue weighted by Gasteiger charge is -2.22. The van der Waals surface area contributed by atoms with Crippen LogP contribution in [-0.2, 0) is 0 Å². The minimum absolute atomic E-state index is 0.309. The second-order valence-electron chi connectivity index (χ2n) is 5.49. The van der Waals surface area contributed by atoms with Crippen LogP contribution in [0, 0.1) is 0 Å². The molecular formula is C18H16N6O2. The van der Waals surface area contributed by atoms with Gasteiger partial charge in [0.2, 0.25) is 0 Å². The van der Waals surface area contributed by atoms with Crippen molar-refractivity contribution in [2.24, 2.45) is 4.99 Å². The highest BCUT2D eigenvalue weighted by atomic mass is 16.7. The van der Waals surface area contributed by atoms with Gasteiger partial charge in [0.15, 0.2) is 5.75 Å². The van der Waals surface area contributed by atoms with Crippen LogP contribution in [0.5, 0.6) is 5.75 Å². The number of urea groups is 1. The van der Waals surface area contributed by atoms with E-state index in [4.69, 9.17) is 4.84 Å². The van der Waals surface area contributed by atoms with Crippen LogP contribution in [0.3, 0.4) is 0 Å². The molecule has 8 nitrogen and oxygen atoms in total. The number of nitrogens with zero attached hydrogens (tertiary/aromatic N) is 2. The molecule has 2 amide bonds. The van der Waals surface area contributed by atoms with E-state index < -0.39 is 0 Å². The lowest BCUT2D eigenvalue weighted by atomic mass is 10.3. The Balaban J connectivity index is 1.36. The summed E-state index contributed by atoms with van der Waals surface area (Å²) in [6.45, 7) is 0. The molecule has 0 aromatic heterocycles. The van der Waals surface area contributed by atoms with Crippen LogP contribution < -0.4 is 26.3 Å². The molecule has 26 heavy (non-hydrogen) atoms. The molecule has 0 bridgehead atoms. The Kier molecular flexibility index (Phi) is 4.13. The second-order valence-corrected chi connectivity index (χ2v) is 5.49. The van der Waals surface area contributed by atoms with Crippen LogP contribution in [0.15, 0.2) is 83.4 Å². The van der Waals surface area contributed by atoms with Crippen molar-refractivity contribution in [2.45, 2.75) is 0 Å². The normalized spacial score (nSPS) is 14.4. The van der Waals surface area contributed by atoms with E-state index in [9.17, 15) is 4.79 Å². The molecule has 0 saturated heterocycles. The van der Waals surface area contributed by atoms with E-state index in [2.05, 4.69) is 26.5 Å². The van der Waals surface area contributed by atoms with Crippen molar-refractivity contribution in [3.05, 3.63) is 78.4 Å². The molecule has 0 unspecified atom stereocenters. The van der Waals surface area contributed by atoms with Gasteiger partial charge in [-0.1, -0.05) is 18.2 Å². The van der Waals surface area contributed by atoms with Gasteiger partial charge in [-0.3, -0.25) is 5.43 Å². The van der Waals surface area contributed by atoms with E-state index in [-0.39, 0.29) is 6.03 Å². The Bertz CT molecular complexity index is 890.